The first-order chi connectivity index (χ1) is 9.91. The second kappa shape index (κ2) is 5.25. The molecule has 6 heteroatoms. The molecule has 0 saturated heterocycles. The molecular weight excluding hydrogens is 354 g/mol. The first kappa shape index (κ1) is 14.8. The second-order valence-corrected chi connectivity index (χ2v) is 8.48. The number of ketones is 1. The highest BCUT2D eigenvalue weighted by Crippen LogP contribution is 2.37. The second-order valence-electron chi connectivity index (χ2n) is 5.53. The highest BCUT2D eigenvalue weighted by atomic mass is 79.9. The molecule has 0 N–H and O–H groups in total. The van der Waals surface area contributed by atoms with Gasteiger partial charge in [0.2, 0.25) is 0 Å². The Kier molecular flexibility index (Phi) is 3.69. The maximum Gasteiger partial charge on any atom is 0.264 e. The number of hydrogen-bond acceptors (Lipinski definition) is 3. The van der Waals surface area contributed by atoms with E-state index in [1.165, 1.54) is 4.31 Å². The van der Waals surface area contributed by atoms with Crippen LogP contribution in [0.15, 0.2) is 41.4 Å². The monoisotopic (exact) mass is 369 g/mol. The Balaban J connectivity index is 1.93. The fourth-order valence-corrected chi connectivity index (χ4v) is 5.04. The molecule has 1 fully saturated rings. The third kappa shape index (κ3) is 2.44. The van der Waals surface area contributed by atoms with Crippen LogP contribution in [0.4, 0.5) is 0 Å². The summed E-state index contributed by atoms with van der Waals surface area (Å²) in [5.41, 5.74) is 1.01. The van der Waals surface area contributed by atoms with Crippen LogP contribution < -0.4 is 0 Å². The molecule has 1 aliphatic heterocycles. The Morgan fingerprint density at radius 2 is 1.86 bits per heavy atom. The summed E-state index contributed by atoms with van der Waals surface area (Å²) in [5.74, 6) is -0.257. The minimum atomic E-state index is -3.59. The molecule has 21 heavy (non-hydrogen) atoms. The average molecular weight is 370 g/mol. The molecule has 1 aromatic rings. The van der Waals surface area contributed by atoms with Crippen molar-refractivity contribution in [3.8, 4) is 0 Å². The van der Waals surface area contributed by atoms with Crippen LogP contribution in [-0.2, 0) is 14.8 Å². The number of aryl methyl sites for hydroxylation is 1. The summed E-state index contributed by atoms with van der Waals surface area (Å²) in [7, 11) is -3.59. The zero-order chi connectivity index (χ0) is 15.2. The van der Waals surface area contributed by atoms with Crippen LogP contribution in [0, 0.1) is 12.8 Å². The maximum atomic E-state index is 12.7. The summed E-state index contributed by atoms with van der Waals surface area (Å²) in [4.78, 5) is 12.2. The van der Waals surface area contributed by atoms with Gasteiger partial charge in [-0.15, -0.1) is 0 Å². The number of Topliss-reactive ketones (excluding diaryl/α,β-unsaturated/α-hetero) is 1. The molecule has 0 aromatic heterocycles. The van der Waals surface area contributed by atoms with Gasteiger partial charge < -0.3 is 0 Å². The van der Waals surface area contributed by atoms with Crippen LogP contribution in [0.5, 0.6) is 0 Å². The minimum absolute atomic E-state index is 0.0732. The summed E-state index contributed by atoms with van der Waals surface area (Å²) in [5, 5.41) is 0. The van der Waals surface area contributed by atoms with Gasteiger partial charge in [-0.05, 0) is 31.9 Å². The molecule has 112 valence electrons. The van der Waals surface area contributed by atoms with Crippen LogP contribution in [0.1, 0.15) is 18.4 Å². The van der Waals surface area contributed by atoms with Gasteiger partial charge in [0.1, 0.15) is 0 Å². The van der Waals surface area contributed by atoms with Gasteiger partial charge in [-0.2, -0.15) is 0 Å². The first-order valence-electron chi connectivity index (χ1n) is 6.87. The molecule has 0 spiro atoms. The maximum absolute atomic E-state index is 12.7. The number of alkyl halides is 1. The van der Waals surface area contributed by atoms with Gasteiger partial charge in [0.25, 0.3) is 10.0 Å². The predicted octanol–water partition coefficient (Wildman–Crippen LogP) is 2.62. The van der Waals surface area contributed by atoms with E-state index in [1.54, 1.807) is 36.5 Å². The lowest BCUT2D eigenvalue weighted by molar-refractivity contribution is -0.123. The van der Waals surface area contributed by atoms with Gasteiger partial charge in [-0.25, -0.2) is 8.42 Å². The number of fused-ring (bicyclic) bond motifs is 1. The van der Waals surface area contributed by atoms with Gasteiger partial charge in [0, 0.05) is 6.20 Å². The van der Waals surface area contributed by atoms with Crippen LogP contribution >= 0.6 is 15.9 Å². The van der Waals surface area contributed by atoms with Gasteiger partial charge in [-0.1, -0.05) is 39.7 Å². The van der Waals surface area contributed by atoms with E-state index in [9.17, 15) is 13.2 Å². The molecule has 4 nitrogen and oxygen atoms in total. The molecule has 0 unspecified atom stereocenters. The quantitative estimate of drug-likeness (QED) is 0.752. The average Bonchev–Trinajstić information content (AvgIpc) is 2.89. The lowest BCUT2D eigenvalue weighted by Gasteiger charge is -2.33. The number of benzene rings is 1. The first-order valence-corrected chi connectivity index (χ1v) is 9.23. The summed E-state index contributed by atoms with van der Waals surface area (Å²) < 4.78 is 26.8. The lowest BCUT2D eigenvalue weighted by Crippen LogP contribution is -2.44. The Bertz CT molecular complexity index is 696. The van der Waals surface area contributed by atoms with Crippen LogP contribution in [0.25, 0.3) is 0 Å². The summed E-state index contributed by atoms with van der Waals surface area (Å²) in [6, 6.07) is 6.51. The normalized spacial score (nSPS) is 28.8. The van der Waals surface area contributed by atoms with Gasteiger partial charge in [0.15, 0.2) is 5.78 Å². The van der Waals surface area contributed by atoms with Crippen molar-refractivity contribution >= 4 is 31.7 Å². The van der Waals surface area contributed by atoms with Crippen molar-refractivity contribution in [1.29, 1.82) is 0 Å². The number of hydrogen-bond donors (Lipinski definition) is 0. The van der Waals surface area contributed by atoms with E-state index < -0.39 is 10.0 Å². The van der Waals surface area contributed by atoms with Crippen molar-refractivity contribution in [2.45, 2.75) is 35.5 Å². The third-order valence-corrected chi connectivity index (χ3v) is 6.86. The van der Waals surface area contributed by atoms with E-state index in [0.29, 0.717) is 12.8 Å². The zero-order valence-electron chi connectivity index (χ0n) is 11.6. The van der Waals surface area contributed by atoms with E-state index in [0.717, 1.165) is 5.56 Å². The number of nitrogens with zero attached hydrogens (tertiary/aromatic N) is 1. The van der Waals surface area contributed by atoms with E-state index in [1.807, 2.05) is 6.92 Å². The molecule has 2 aliphatic rings. The molecule has 0 amide bonds. The molecule has 1 saturated carbocycles. The van der Waals surface area contributed by atoms with Crippen molar-refractivity contribution in [3.63, 3.8) is 0 Å². The van der Waals surface area contributed by atoms with Gasteiger partial charge in [0.05, 0.1) is 21.7 Å². The van der Waals surface area contributed by atoms with Gasteiger partial charge >= 0.3 is 0 Å². The number of sulfonamides is 1. The molecular formula is C15H16BrNO3S. The Morgan fingerprint density at radius 1 is 1.19 bits per heavy atom. The number of carbonyl (C=O) groups is 1. The Hall–Kier alpha value is -1.14. The van der Waals surface area contributed by atoms with E-state index in [4.69, 9.17) is 0 Å². The topological polar surface area (TPSA) is 54.5 Å². The van der Waals surface area contributed by atoms with Crippen molar-refractivity contribution in [1.82, 2.24) is 4.31 Å². The summed E-state index contributed by atoms with van der Waals surface area (Å²) in [6.07, 6.45) is 4.62. The molecule has 1 aromatic carbocycles. The highest BCUT2D eigenvalue weighted by Gasteiger charge is 2.44. The van der Waals surface area contributed by atoms with Crippen LogP contribution in [0.2, 0.25) is 0 Å². The third-order valence-electron chi connectivity index (χ3n) is 4.13. The lowest BCUT2D eigenvalue weighted by atomic mass is 9.85. The fraction of sp³-hybridized carbons (Fsp3) is 0.400. The highest BCUT2D eigenvalue weighted by molar-refractivity contribution is 9.10. The number of halogens is 1. The Morgan fingerprint density at radius 3 is 2.52 bits per heavy atom. The molecule has 1 aliphatic carbocycles. The van der Waals surface area contributed by atoms with E-state index in [2.05, 4.69) is 15.9 Å². The summed E-state index contributed by atoms with van der Waals surface area (Å²) in [6.45, 7) is 1.91. The van der Waals surface area contributed by atoms with Crippen LogP contribution in [0.3, 0.4) is 0 Å². The number of rotatable bonds is 2. The zero-order valence-corrected chi connectivity index (χ0v) is 14.0. The molecule has 0 radical (unpaired) electrons. The molecule has 0 bridgehead atoms. The molecule has 1 heterocycles. The van der Waals surface area contributed by atoms with Crippen molar-refractivity contribution in [2.75, 3.05) is 0 Å². The van der Waals surface area contributed by atoms with Crippen molar-refractivity contribution in [3.05, 3.63) is 42.1 Å². The van der Waals surface area contributed by atoms with E-state index >= 15 is 0 Å². The number of carbonyl (C=O) groups excluding carboxylic acids is 1. The summed E-state index contributed by atoms with van der Waals surface area (Å²) >= 11 is 3.36. The Labute approximate surface area is 133 Å². The minimum Gasteiger partial charge on any atom is -0.298 e. The standard InChI is InChI=1S/C15H16BrNO3S/c1-10-2-4-11(5-3-10)21(19,20)17-9-8-12-14(17)7-6-13(16)15(12)18/h2-5,8-9,12-14H,6-7H2,1H3/t12-,13+,14+/m0/s1. The molecule has 3 rings (SSSR count). The smallest absolute Gasteiger partial charge is 0.264 e. The molecule has 3 atom stereocenters. The fourth-order valence-electron chi connectivity index (χ4n) is 2.92. The van der Waals surface area contributed by atoms with Crippen LogP contribution in [-0.4, -0.2) is 29.4 Å². The van der Waals surface area contributed by atoms with Crippen molar-refractivity contribution < 1.29 is 13.2 Å². The predicted molar refractivity (Wildman–Crippen MR) is 83.6 cm³/mol. The van der Waals surface area contributed by atoms with E-state index in [-0.39, 0.29) is 27.5 Å². The van der Waals surface area contributed by atoms with Crippen molar-refractivity contribution in [2.24, 2.45) is 5.92 Å². The van der Waals surface area contributed by atoms with Gasteiger partial charge in [-0.3, -0.25) is 9.10 Å². The largest absolute Gasteiger partial charge is 0.298 e. The SMILES string of the molecule is Cc1ccc(S(=O)(=O)N2C=C[C@@H]3C(=O)[C@H](Br)CC[C@H]32)cc1.